The van der Waals surface area contributed by atoms with Gasteiger partial charge in [0.25, 0.3) is 0 Å². The highest BCUT2D eigenvalue weighted by molar-refractivity contribution is 5.94. The lowest BCUT2D eigenvalue weighted by Gasteiger charge is -2.32. The van der Waals surface area contributed by atoms with Gasteiger partial charge in [-0.1, -0.05) is 12.1 Å². The maximum absolute atomic E-state index is 12.4. The number of rotatable bonds is 3. The van der Waals surface area contributed by atoms with E-state index in [-0.39, 0.29) is 17.6 Å². The number of hydrogen-bond acceptors (Lipinski definition) is 6. The van der Waals surface area contributed by atoms with Gasteiger partial charge >= 0.3 is 0 Å². The largest absolute Gasteiger partial charge is 0.506 e. The van der Waals surface area contributed by atoms with Crippen molar-refractivity contribution in [3.8, 4) is 5.75 Å². The molecule has 1 amide bonds. The van der Waals surface area contributed by atoms with E-state index < -0.39 is 0 Å². The van der Waals surface area contributed by atoms with E-state index in [1.54, 1.807) is 35.1 Å². The maximum Gasteiger partial charge on any atom is 0.227 e. The quantitative estimate of drug-likeness (QED) is 0.706. The zero-order valence-electron chi connectivity index (χ0n) is 13.5. The van der Waals surface area contributed by atoms with E-state index in [1.165, 1.54) is 0 Å². The monoisotopic (exact) mass is 338 g/mol. The van der Waals surface area contributed by atoms with Gasteiger partial charge < -0.3 is 15.3 Å². The molecule has 2 aromatic heterocycles. The van der Waals surface area contributed by atoms with Gasteiger partial charge in [-0.3, -0.25) is 4.79 Å². The minimum Gasteiger partial charge on any atom is -0.506 e. The van der Waals surface area contributed by atoms with Crippen molar-refractivity contribution in [2.75, 3.05) is 23.3 Å². The SMILES string of the molecule is O=C(Nc1ccccc1O)C1CCN(c2ccc3nncn3n2)CC1. The van der Waals surface area contributed by atoms with E-state index in [1.807, 2.05) is 12.1 Å². The average molecular weight is 338 g/mol. The smallest absolute Gasteiger partial charge is 0.227 e. The summed E-state index contributed by atoms with van der Waals surface area (Å²) in [6.07, 6.45) is 3.05. The van der Waals surface area contributed by atoms with Crippen LogP contribution in [0, 0.1) is 5.92 Å². The van der Waals surface area contributed by atoms with Crippen molar-refractivity contribution in [3.05, 3.63) is 42.7 Å². The molecule has 4 rings (SSSR count). The zero-order valence-corrected chi connectivity index (χ0v) is 13.5. The van der Waals surface area contributed by atoms with Gasteiger partial charge in [0.1, 0.15) is 17.9 Å². The first-order valence-corrected chi connectivity index (χ1v) is 8.21. The number of fused-ring (bicyclic) bond motifs is 1. The number of phenols is 1. The molecule has 0 atom stereocenters. The van der Waals surface area contributed by atoms with Crippen molar-refractivity contribution in [2.45, 2.75) is 12.8 Å². The van der Waals surface area contributed by atoms with Crippen molar-refractivity contribution in [1.29, 1.82) is 0 Å². The van der Waals surface area contributed by atoms with Gasteiger partial charge in [-0.05, 0) is 37.1 Å². The molecule has 1 saturated heterocycles. The summed E-state index contributed by atoms with van der Waals surface area (Å²) in [6.45, 7) is 1.50. The molecular formula is C17H18N6O2. The van der Waals surface area contributed by atoms with Gasteiger partial charge in [-0.15, -0.1) is 15.3 Å². The summed E-state index contributed by atoms with van der Waals surface area (Å²) >= 11 is 0. The number of aromatic hydroxyl groups is 1. The van der Waals surface area contributed by atoms with Gasteiger partial charge in [0.05, 0.1) is 5.69 Å². The molecule has 128 valence electrons. The number of benzene rings is 1. The molecule has 2 N–H and O–H groups in total. The van der Waals surface area contributed by atoms with Crippen LogP contribution in [0.4, 0.5) is 11.5 Å². The number of phenolic OH excluding ortho intramolecular Hbond substituents is 1. The van der Waals surface area contributed by atoms with E-state index >= 15 is 0 Å². The number of para-hydroxylation sites is 2. The number of amides is 1. The zero-order chi connectivity index (χ0) is 17.2. The first kappa shape index (κ1) is 15.4. The summed E-state index contributed by atoms with van der Waals surface area (Å²) in [5.41, 5.74) is 1.16. The van der Waals surface area contributed by atoms with Gasteiger partial charge in [0, 0.05) is 19.0 Å². The third kappa shape index (κ3) is 3.10. The number of hydrogen-bond donors (Lipinski definition) is 2. The topological polar surface area (TPSA) is 95.7 Å². The first-order valence-electron chi connectivity index (χ1n) is 8.21. The Morgan fingerprint density at radius 2 is 1.96 bits per heavy atom. The highest BCUT2D eigenvalue weighted by atomic mass is 16.3. The van der Waals surface area contributed by atoms with Crippen LogP contribution in [0.5, 0.6) is 5.75 Å². The maximum atomic E-state index is 12.4. The molecule has 8 heteroatoms. The number of aromatic nitrogens is 4. The molecule has 0 bridgehead atoms. The van der Waals surface area contributed by atoms with E-state index in [2.05, 4.69) is 25.5 Å². The Balaban J connectivity index is 1.39. The lowest BCUT2D eigenvalue weighted by atomic mass is 9.96. The van der Waals surface area contributed by atoms with Crippen LogP contribution in [0.1, 0.15) is 12.8 Å². The molecule has 0 spiro atoms. The van der Waals surface area contributed by atoms with Crippen molar-refractivity contribution in [2.24, 2.45) is 5.92 Å². The molecule has 1 fully saturated rings. The Hall–Kier alpha value is -3.16. The highest BCUT2D eigenvalue weighted by Gasteiger charge is 2.26. The predicted molar refractivity (Wildman–Crippen MR) is 92.5 cm³/mol. The first-order chi connectivity index (χ1) is 12.2. The number of carbonyl (C=O) groups excluding carboxylic acids is 1. The fourth-order valence-electron chi connectivity index (χ4n) is 3.07. The number of nitrogens with zero attached hydrogens (tertiary/aromatic N) is 5. The summed E-state index contributed by atoms with van der Waals surface area (Å²) in [6, 6.07) is 10.6. The Morgan fingerprint density at radius 3 is 2.76 bits per heavy atom. The van der Waals surface area contributed by atoms with Gasteiger partial charge in [0.2, 0.25) is 5.91 Å². The van der Waals surface area contributed by atoms with Gasteiger partial charge in [-0.2, -0.15) is 4.52 Å². The molecular weight excluding hydrogens is 320 g/mol. The molecule has 1 aliphatic heterocycles. The van der Waals surface area contributed by atoms with Gasteiger partial charge in [-0.25, -0.2) is 0 Å². The number of nitrogens with one attached hydrogen (secondary N) is 1. The van der Waals surface area contributed by atoms with Crippen LogP contribution in [0.15, 0.2) is 42.7 Å². The minimum absolute atomic E-state index is 0.0524. The standard InChI is InChI=1S/C17H18N6O2/c24-14-4-2-1-3-13(14)19-17(25)12-7-9-22(10-8-12)16-6-5-15-20-18-11-23(15)21-16/h1-6,11-12,24H,7-10H2,(H,19,25). The van der Waals surface area contributed by atoms with Crippen LogP contribution in [0.3, 0.4) is 0 Å². The Kier molecular flexibility index (Phi) is 3.93. The number of anilines is 2. The van der Waals surface area contributed by atoms with Crippen molar-refractivity contribution >= 4 is 23.1 Å². The average Bonchev–Trinajstić information content (AvgIpc) is 3.11. The fraction of sp³-hybridized carbons (Fsp3) is 0.294. The molecule has 1 aliphatic rings. The fourth-order valence-corrected chi connectivity index (χ4v) is 3.07. The van der Waals surface area contributed by atoms with Crippen molar-refractivity contribution < 1.29 is 9.90 Å². The van der Waals surface area contributed by atoms with E-state index in [0.717, 1.165) is 31.7 Å². The van der Waals surface area contributed by atoms with Crippen molar-refractivity contribution in [3.63, 3.8) is 0 Å². The highest BCUT2D eigenvalue weighted by Crippen LogP contribution is 2.26. The van der Waals surface area contributed by atoms with E-state index in [4.69, 9.17) is 0 Å². The molecule has 0 unspecified atom stereocenters. The van der Waals surface area contributed by atoms with Crippen LogP contribution in [-0.2, 0) is 4.79 Å². The summed E-state index contributed by atoms with van der Waals surface area (Å²) in [5.74, 6) is 0.810. The second kappa shape index (κ2) is 6.39. The predicted octanol–water partition coefficient (Wildman–Crippen LogP) is 1.68. The van der Waals surface area contributed by atoms with Crippen LogP contribution in [-0.4, -0.2) is 43.9 Å². The van der Waals surface area contributed by atoms with Crippen LogP contribution in [0.2, 0.25) is 0 Å². The number of piperidine rings is 1. The molecule has 25 heavy (non-hydrogen) atoms. The van der Waals surface area contributed by atoms with E-state index in [0.29, 0.717) is 11.3 Å². The lowest BCUT2D eigenvalue weighted by molar-refractivity contribution is -0.120. The third-order valence-corrected chi connectivity index (χ3v) is 4.50. The molecule has 0 aliphatic carbocycles. The molecule has 8 nitrogen and oxygen atoms in total. The van der Waals surface area contributed by atoms with Gasteiger partial charge in [0.15, 0.2) is 5.65 Å². The summed E-state index contributed by atoms with van der Waals surface area (Å²) in [4.78, 5) is 14.6. The van der Waals surface area contributed by atoms with Crippen LogP contribution >= 0.6 is 0 Å². The molecule has 1 aromatic carbocycles. The van der Waals surface area contributed by atoms with Crippen LogP contribution in [0.25, 0.3) is 5.65 Å². The Morgan fingerprint density at radius 1 is 1.16 bits per heavy atom. The summed E-state index contributed by atoms with van der Waals surface area (Å²) in [5, 5.41) is 24.9. The molecule has 3 heterocycles. The summed E-state index contributed by atoms with van der Waals surface area (Å²) < 4.78 is 1.65. The summed E-state index contributed by atoms with van der Waals surface area (Å²) in [7, 11) is 0. The van der Waals surface area contributed by atoms with E-state index in [9.17, 15) is 9.90 Å². The van der Waals surface area contributed by atoms with Crippen LogP contribution < -0.4 is 10.2 Å². The van der Waals surface area contributed by atoms with Crippen molar-refractivity contribution in [1.82, 2.24) is 19.8 Å². The molecule has 0 radical (unpaired) electrons. The third-order valence-electron chi connectivity index (χ3n) is 4.50. The minimum atomic E-state index is -0.0745. The second-order valence-corrected chi connectivity index (χ2v) is 6.09. The normalized spacial score (nSPS) is 15.4. The molecule has 0 saturated carbocycles. The Labute approximate surface area is 144 Å². The lowest BCUT2D eigenvalue weighted by Crippen LogP contribution is -2.38. The molecule has 3 aromatic rings. The Bertz CT molecular complexity index is 901. The number of carbonyl (C=O) groups is 1. The second-order valence-electron chi connectivity index (χ2n) is 6.09.